The summed E-state index contributed by atoms with van der Waals surface area (Å²) < 4.78 is 52.6. The minimum absolute atomic E-state index is 0.101. The zero-order valence-electron chi connectivity index (χ0n) is 22.7. The number of ether oxygens (including phenoxy) is 2. The van der Waals surface area contributed by atoms with Crippen molar-refractivity contribution < 1.29 is 31.8 Å². The van der Waals surface area contributed by atoms with Gasteiger partial charge in [0.25, 0.3) is 0 Å². The van der Waals surface area contributed by atoms with Gasteiger partial charge in [0, 0.05) is 29.3 Å². The molecule has 0 heterocycles. The Kier molecular flexibility index (Phi) is 9.67. The Morgan fingerprint density at radius 3 is 2.14 bits per heavy atom. The van der Waals surface area contributed by atoms with Crippen LogP contribution in [0.1, 0.15) is 13.8 Å². The van der Waals surface area contributed by atoms with Crippen LogP contribution in [0.15, 0.2) is 91.0 Å². The summed E-state index contributed by atoms with van der Waals surface area (Å²) in [7, 11) is -6.99. The Hall–Kier alpha value is -4.89. The maximum absolute atomic E-state index is 12.6. The summed E-state index contributed by atoms with van der Waals surface area (Å²) in [6.07, 6.45) is 0. The highest BCUT2D eigenvalue weighted by Gasteiger charge is 2.25. The minimum Gasteiger partial charge on any atom is -0.505 e. The van der Waals surface area contributed by atoms with Gasteiger partial charge >= 0.3 is 18.1 Å². The molecule has 4 aromatic carbocycles. The van der Waals surface area contributed by atoms with E-state index < -0.39 is 34.4 Å². The predicted molar refractivity (Wildman–Crippen MR) is 159 cm³/mol. The summed E-state index contributed by atoms with van der Waals surface area (Å²) >= 11 is 0. The van der Waals surface area contributed by atoms with Crippen LogP contribution in [0.2, 0.25) is 0 Å². The van der Waals surface area contributed by atoms with Crippen molar-refractivity contribution in [1.82, 2.24) is 0 Å². The van der Waals surface area contributed by atoms with E-state index in [9.17, 15) is 23.0 Å². The van der Waals surface area contributed by atoms with Crippen molar-refractivity contribution in [2.75, 3.05) is 18.9 Å². The molecule has 0 saturated carbocycles. The van der Waals surface area contributed by atoms with Gasteiger partial charge in [0.05, 0.1) is 18.9 Å². The van der Waals surface area contributed by atoms with Gasteiger partial charge in [-0.1, -0.05) is 17.0 Å². The van der Waals surface area contributed by atoms with Crippen LogP contribution in [-0.2, 0) is 19.0 Å². The van der Waals surface area contributed by atoms with Gasteiger partial charge in [-0.25, -0.2) is 0 Å². The molecule has 5 N–H and O–H groups in total. The maximum Gasteiger partial charge on any atom is 0.565 e. The van der Waals surface area contributed by atoms with E-state index in [-0.39, 0.29) is 46.8 Å². The van der Waals surface area contributed by atoms with Crippen LogP contribution in [-0.4, -0.2) is 26.7 Å². The first-order chi connectivity index (χ1) is 20.6. The van der Waals surface area contributed by atoms with Crippen molar-refractivity contribution in [2.45, 2.75) is 18.7 Å². The van der Waals surface area contributed by atoms with E-state index in [1.165, 1.54) is 48.5 Å². The van der Waals surface area contributed by atoms with Crippen LogP contribution in [0, 0.1) is 4.91 Å². The molecule has 1 unspecified atom stereocenters. The summed E-state index contributed by atoms with van der Waals surface area (Å²) in [4.78, 5) is 12.7. The molecule has 0 aromatic heterocycles. The smallest absolute Gasteiger partial charge is 0.505 e. The standard InChI is InChI=1S/C26H24N7O8PS/c1-3-39-22-14-21(23(40-4-2)13-20(22)30-29-17-6-5-7-18(12-17)42(36)33-35)31-32-25-24(43(37,38)41-28)10-15-8-9-16(27)11-19(15)26(25)34/h5-14H,3-4,28H2,1-2H3,(H2-,27,29,30,31,32,33,34,35,36)/p+1. The van der Waals surface area contributed by atoms with E-state index in [2.05, 4.69) is 29.7 Å². The van der Waals surface area contributed by atoms with E-state index in [0.29, 0.717) is 16.8 Å². The molecule has 17 heteroatoms. The number of nitrogens with two attached hydrogens (primary N) is 2. The number of benzene rings is 4. The van der Waals surface area contributed by atoms with Gasteiger partial charge in [-0.2, -0.15) is 23.7 Å². The number of phenolic OH excluding ortho intramolecular Hbond substituents is 1. The number of phenols is 1. The van der Waals surface area contributed by atoms with Gasteiger partial charge in [-0.3, -0.25) is 0 Å². The van der Waals surface area contributed by atoms with E-state index >= 15 is 0 Å². The number of rotatable bonds is 12. The second kappa shape index (κ2) is 13.4. The fourth-order valence-electron chi connectivity index (χ4n) is 3.87. The minimum atomic E-state index is -4.54. The zero-order chi connectivity index (χ0) is 31.1. The fraction of sp³-hybridized carbons (Fsp3) is 0.154. The zero-order valence-corrected chi connectivity index (χ0v) is 24.4. The van der Waals surface area contributed by atoms with E-state index in [1.807, 2.05) is 0 Å². The van der Waals surface area contributed by atoms with Crippen LogP contribution < -0.4 is 26.4 Å². The van der Waals surface area contributed by atoms with Gasteiger partial charge in [0.2, 0.25) is 10.3 Å². The average molecular weight is 627 g/mol. The van der Waals surface area contributed by atoms with Crippen LogP contribution in [0.3, 0.4) is 0 Å². The molecule has 0 fully saturated rings. The Labute approximate surface area is 246 Å². The number of azo groups is 2. The number of nitrogens with zero attached hydrogens (tertiary/aromatic N) is 5. The highest BCUT2D eigenvalue weighted by atomic mass is 32.2. The molecule has 0 aliphatic rings. The van der Waals surface area contributed by atoms with Gasteiger partial charge in [-0.15, -0.1) is 15.3 Å². The fourth-order valence-corrected chi connectivity index (χ4v) is 5.17. The number of anilines is 1. The van der Waals surface area contributed by atoms with E-state index in [4.69, 9.17) is 21.1 Å². The van der Waals surface area contributed by atoms with Crippen LogP contribution in [0.5, 0.6) is 17.2 Å². The second-order valence-corrected chi connectivity index (χ2v) is 11.3. The molecule has 0 radical (unpaired) electrons. The van der Waals surface area contributed by atoms with Crippen molar-refractivity contribution in [3.8, 4) is 17.2 Å². The SMILES string of the molecule is CCOc1cc(N=Nc2c(S(=O)(=O)ON)cc3ccc(N)cc3c2O)c(OCC)cc1N=Nc1cccc([P+](=O)N=O)c1. The first-order valence-corrected chi connectivity index (χ1v) is 15.1. The topological polar surface area (TPSA) is 230 Å². The molecular formula is C26H25N7O8PS+. The monoisotopic (exact) mass is 626 g/mol. The van der Waals surface area contributed by atoms with Crippen molar-refractivity contribution in [3.05, 3.63) is 65.6 Å². The lowest BCUT2D eigenvalue weighted by atomic mass is 10.1. The van der Waals surface area contributed by atoms with E-state index in [0.717, 1.165) is 0 Å². The maximum atomic E-state index is 12.6. The summed E-state index contributed by atoms with van der Waals surface area (Å²) in [6, 6.07) is 14.7. The lowest BCUT2D eigenvalue weighted by Crippen LogP contribution is -2.11. The molecule has 43 heavy (non-hydrogen) atoms. The van der Waals surface area contributed by atoms with Crippen LogP contribution in [0.4, 0.5) is 28.4 Å². The third kappa shape index (κ3) is 6.95. The molecule has 0 amide bonds. The quantitative estimate of drug-likeness (QED) is 0.0510. The predicted octanol–water partition coefficient (Wildman–Crippen LogP) is 6.47. The Balaban J connectivity index is 1.83. The summed E-state index contributed by atoms with van der Waals surface area (Å²) in [5.74, 6) is 4.89. The number of fused-ring (bicyclic) bond motifs is 1. The number of hydrogen-bond donors (Lipinski definition) is 3. The highest BCUT2D eigenvalue weighted by Crippen LogP contribution is 2.45. The van der Waals surface area contributed by atoms with Gasteiger partial charge in [0.1, 0.15) is 33.5 Å². The molecule has 0 spiro atoms. The van der Waals surface area contributed by atoms with E-state index in [1.54, 1.807) is 26.0 Å². The number of aromatic hydroxyl groups is 1. The third-order valence-corrected chi connectivity index (χ3v) is 7.74. The first-order valence-electron chi connectivity index (χ1n) is 12.5. The average Bonchev–Trinajstić information content (AvgIpc) is 3.00. The Morgan fingerprint density at radius 1 is 0.884 bits per heavy atom. The summed E-state index contributed by atoms with van der Waals surface area (Å²) in [5, 5.41) is 28.3. The molecular weight excluding hydrogens is 601 g/mol. The van der Waals surface area contributed by atoms with Crippen LogP contribution >= 0.6 is 7.95 Å². The van der Waals surface area contributed by atoms with Crippen molar-refractivity contribution in [3.63, 3.8) is 0 Å². The molecule has 15 nitrogen and oxygen atoms in total. The molecule has 1 atom stereocenters. The number of nitroso groups, excluding NO2 is 1. The molecule has 0 aliphatic carbocycles. The molecule has 4 aromatic rings. The lowest BCUT2D eigenvalue weighted by Gasteiger charge is -2.13. The van der Waals surface area contributed by atoms with Crippen molar-refractivity contribution in [2.24, 2.45) is 31.3 Å². The van der Waals surface area contributed by atoms with Crippen molar-refractivity contribution >= 4 is 62.6 Å². The first kappa shape index (κ1) is 31.1. The van der Waals surface area contributed by atoms with Gasteiger partial charge < -0.3 is 20.3 Å². The molecule has 4 rings (SSSR count). The summed E-state index contributed by atoms with van der Waals surface area (Å²) in [5.41, 5.74) is 6.36. The largest absolute Gasteiger partial charge is 0.565 e. The highest BCUT2D eigenvalue weighted by molar-refractivity contribution is 7.86. The van der Waals surface area contributed by atoms with Gasteiger partial charge in [-0.05, 0) is 54.1 Å². The Bertz CT molecular complexity index is 1880. The Morgan fingerprint density at radius 2 is 1.53 bits per heavy atom. The molecule has 222 valence electrons. The van der Waals surface area contributed by atoms with Crippen molar-refractivity contribution in [1.29, 1.82) is 0 Å². The molecule has 0 aliphatic heterocycles. The second-order valence-electron chi connectivity index (χ2n) is 8.53. The molecule has 0 bridgehead atoms. The van der Waals surface area contributed by atoms with Crippen LogP contribution in [0.25, 0.3) is 10.8 Å². The third-order valence-electron chi connectivity index (χ3n) is 5.77. The molecule has 0 saturated heterocycles. The normalized spacial score (nSPS) is 12.2. The van der Waals surface area contributed by atoms with Gasteiger partial charge in [0.15, 0.2) is 5.75 Å². The number of nitrogen functional groups attached to an aromatic ring is 1. The summed E-state index contributed by atoms with van der Waals surface area (Å²) in [6.45, 7) is 3.92. The lowest BCUT2D eigenvalue weighted by molar-refractivity contribution is 0.332. The number of hydrogen-bond acceptors (Lipinski definition) is 14.